The van der Waals surface area contributed by atoms with Gasteiger partial charge in [0, 0.05) is 13.2 Å². The van der Waals surface area contributed by atoms with Crippen LogP contribution < -0.4 is 4.72 Å². The number of aliphatic hydroxyl groups is 1. The van der Waals surface area contributed by atoms with Crippen molar-refractivity contribution in [1.29, 1.82) is 0 Å². The topological polar surface area (TPSA) is 113 Å². The number of hydrogen-bond acceptors (Lipinski definition) is 6. The minimum Gasteiger partial charge on any atom is -0.477 e. The Morgan fingerprint density at radius 1 is 1.37 bits per heavy atom. The maximum atomic E-state index is 11.8. The van der Waals surface area contributed by atoms with Crippen LogP contribution >= 0.6 is 11.3 Å². The van der Waals surface area contributed by atoms with Crippen molar-refractivity contribution in [1.82, 2.24) is 4.72 Å². The summed E-state index contributed by atoms with van der Waals surface area (Å²) in [6.07, 6.45) is 0.469. The molecule has 1 rings (SSSR count). The molecule has 108 valence electrons. The molecule has 0 bridgehead atoms. The van der Waals surface area contributed by atoms with Gasteiger partial charge >= 0.3 is 5.97 Å². The highest BCUT2D eigenvalue weighted by atomic mass is 32.2. The molecule has 0 atom stereocenters. The summed E-state index contributed by atoms with van der Waals surface area (Å²) in [5.41, 5.74) is 0. The Labute approximate surface area is 114 Å². The van der Waals surface area contributed by atoms with Gasteiger partial charge in [0.2, 0.25) is 10.0 Å². The summed E-state index contributed by atoms with van der Waals surface area (Å²) >= 11 is 0.706. The lowest BCUT2D eigenvalue weighted by molar-refractivity contribution is 0.0702. The predicted molar refractivity (Wildman–Crippen MR) is 69.0 cm³/mol. The van der Waals surface area contributed by atoms with Crippen LogP contribution in [0, 0.1) is 0 Å². The number of ether oxygens (including phenoxy) is 1. The van der Waals surface area contributed by atoms with Crippen molar-refractivity contribution in [3.05, 3.63) is 17.0 Å². The van der Waals surface area contributed by atoms with E-state index >= 15 is 0 Å². The first-order valence-corrected chi connectivity index (χ1v) is 7.79. The molecule has 19 heavy (non-hydrogen) atoms. The van der Waals surface area contributed by atoms with E-state index in [1.807, 2.05) is 0 Å². The fraction of sp³-hybridized carbons (Fsp3) is 0.500. The standard InChI is InChI=1S/C10H15NO6S2/c12-5-7-17-6-1-4-11-19(15,16)9-3-2-8(18-9)10(13)14/h2-3,11-12H,1,4-7H2,(H,13,14). The SMILES string of the molecule is O=C(O)c1ccc(S(=O)(=O)NCCCOCCO)s1. The van der Waals surface area contributed by atoms with Gasteiger partial charge in [-0.05, 0) is 18.6 Å². The molecule has 1 aromatic rings. The summed E-state index contributed by atoms with van der Waals surface area (Å²) < 4.78 is 30.9. The van der Waals surface area contributed by atoms with E-state index in [1.54, 1.807) is 0 Å². The summed E-state index contributed by atoms with van der Waals surface area (Å²) in [4.78, 5) is 10.6. The van der Waals surface area contributed by atoms with Gasteiger partial charge in [-0.15, -0.1) is 11.3 Å². The molecule has 3 N–H and O–H groups in total. The molecule has 0 unspecified atom stereocenters. The van der Waals surface area contributed by atoms with Crippen molar-refractivity contribution in [3.8, 4) is 0 Å². The zero-order valence-corrected chi connectivity index (χ0v) is 11.7. The Morgan fingerprint density at radius 2 is 2.11 bits per heavy atom. The Kier molecular flexibility index (Phi) is 6.38. The average molecular weight is 309 g/mol. The molecule has 0 aromatic carbocycles. The van der Waals surface area contributed by atoms with Crippen molar-refractivity contribution >= 4 is 27.3 Å². The highest BCUT2D eigenvalue weighted by Gasteiger charge is 2.18. The second-order valence-electron chi connectivity index (χ2n) is 3.51. The van der Waals surface area contributed by atoms with Gasteiger partial charge in [0.25, 0.3) is 0 Å². The molecule has 1 aromatic heterocycles. The smallest absolute Gasteiger partial charge is 0.345 e. The first-order chi connectivity index (χ1) is 8.97. The Bertz CT molecular complexity index is 510. The molecule has 0 aliphatic heterocycles. The van der Waals surface area contributed by atoms with Crippen molar-refractivity contribution in [3.63, 3.8) is 0 Å². The van der Waals surface area contributed by atoms with E-state index in [4.69, 9.17) is 14.9 Å². The van der Waals surface area contributed by atoms with Crippen molar-refractivity contribution in [2.24, 2.45) is 0 Å². The fourth-order valence-corrected chi connectivity index (χ4v) is 3.46. The van der Waals surface area contributed by atoms with E-state index in [9.17, 15) is 13.2 Å². The molecule has 0 aliphatic carbocycles. The van der Waals surface area contributed by atoms with Crippen LogP contribution in [-0.2, 0) is 14.8 Å². The number of carboxylic acids is 1. The summed E-state index contributed by atoms with van der Waals surface area (Å²) in [6.45, 7) is 0.681. The van der Waals surface area contributed by atoms with Gasteiger partial charge in [0.1, 0.15) is 9.09 Å². The van der Waals surface area contributed by atoms with Crippen molar-refractivity contribution in [2.75, 3.05) is 26.4 Å². The van der Waals surface area contributed by atoms with Crippen LogP contribution in [0.3, 0.4) is 0 Å². The van der Waals surface area contributed by atoms with Crippen LogP contribution in [0.25, 0.3) is 0 Å². The van der Waals surface area contributed by atoms with Crippen LogP contribution in [0.5, 0.6) is 0 Å². The Hall–Kier alpha value is -1.00. The number of thiophene rings is 1. The highest BCUT2D eigenvalue weighted by Crippen LogP contribution is 2.21. The molecule has 9 heteroatoms. The van der Waals surface area contributed by atoms with Gasteiger partial charge in [0.15, 0.2) is 0 Å². The van der Waals surface area contributed by atoms with Gasteiger partial charge in [-0.1, -0.05) is 0 Å². The molecule has 0 saturated carbocycles. The van der Waals surface area contributed by atoms with E-state index < -0.39 is 16.0 Å². The second-order valence-corrected chi connectivity index (χ2v) is 6.59. The van der Waals surface area contributed by atoms with Gasteiger partial charge < -0.3 is 14.9 Å². The highest BCUT2D eigenvalue weighted by molar-refractivity contribution is 7.91. The lowest BCUT2D eigenvalue weighted by atomic mass is 10.5. The molecule has 7 nitrogen and oxygen atoms in total. The molecule has 0 radical (unpaired) electrons. The minimum absolute atomic E-state index is 0.0216. The van der Waals surface area contributed by atoms with Crippen LogP contribution in [-0.4, -0.2) is 51.0 Å². The van der Waals surface area contributed by atoms with Crippen LogP contribution in [0.1, 0.15) is 16.1 Å². The maximum Gasteiger partial charge on any atom is 0.345 e. The molecule has 0 spiro atoms. The number of aliphatic hydroxyl groups excluding tert-OH is 1. The van der Waals surface area contributed by atoms with Gasteiger partial charge in [-0.3, -0.25) is 0 Å². The number of aromatic carboxylic acids is 1. The Morgan fingerprint density at radius 3 is 2.68 bits per heavy atom. The number of nitrogens with one attached hydrogen (secondary N) is 1. The minimum atomic E-state index is -3.67. The van der Waals surface area contributed by atoms with Gasteiger partial charge in [-0.2, -0.15) is 0 Å². The predicted octanol–water partition coefficient (Wildman–Crippen LogP) is 0.124. The first kappa shape index (κ1) is 16.1. The van der Waals surface area contributed by atoms with Crippen LogP contribution in [0.2, 0.25) is 0 Å². The van der Waals surface area contributed by atoms with Crippen LogP contribution in [0.15, 0.2) is 16.3 Å². The van der Waals surface area contributed by atoms with Crippen LogP contribution in [0.4, 0.5) is 0 Å². The lowest BCUT2D eigenvalue weighted by Crippen LogP contribution is -2.25. The summed E-state index contributed by atoms with van der Waals surface area (Å²) in [7, 11) is -3.67. The third-order valence-electron chi connectivity index (χ3n) is 2.05. The van der Waals surface area contributed by atoms with E-state index in [0.29, 0.717) is 24.4 Å². The Balaban J connectivity index is 2.44. The number of sulfonamides is 1. The lowest BCUT2D eigenvalue weighted by Gasteiger charge is -2.05. The number of hydrogen-bond donors (Lipinski definition) is 3. The maximum absolute atomic E-state index is 11.8. The normalized spacial score (nSPS) is 11.6. The molecule has 1 heterocycles. The molecular formula is C10H15NO6S2. The molecular weight excluding hydrogens is 294 g/mol. The molecule has 0 saturated heterocycles. The van der Waals surface area contributed by atoms with Crippen molar-refractivity contribution < 1.29 is 28.2 Å². The second kappa shape index (κ2) is 7.56. The fourth-order valence-electron chi connectivity index (χ4n) is 1.20. The zero-order valence-electron chi connectivity index (χ0n) is 10.0. The largest absolute Gasteiger partial charge is 0.477 e. The summed E-state index contributed by atoms with van der Waals surface area (Å²) in [5.74, 6) is -1.15. The number of carbonyl (C=O) groups is 1. The first-order valence-electron chi connectivity index (χ1n) is 5.49. The number of rotatable bonds is 9. The summed E-state index contributed by atoms with van der Waals surface area (Å²) in [6, 6.07) is 2.52. The van der Waals surface area contributed by atoms with E-state index in [-0.39, 0.29) is 28.8 Å². The zero-order chi connectivity index (χ0) is 14.3. The van der Waals surface area contributed by atoms with E-state index in [1.165, 1.54) is 12.1 Å². The molecule has 0 aliphatic rings. The quantitative estimate of drug-likeness (QED) is 0.559. The molecule has 0 amide bonds. The van der Waals surface area contributed by atoms with E-state index in [2.05, 4.69) is 4.72 Å². The van der Waals surface area contributed by atoms with Crippen molar-refractivity contribution in [2.45, 2.75) is 10.6 Å². The number of carboxylic acid groups (broad SMARTS) is 1. The van der Waals surface area contributed by atoms with Gasteiger partial charge in [-0.25, -0.2) is 17.9 Å². The third kappa shape index (κ3) is 5.25. The average Bonchev–Trinajstić information content (AvgIpc) is 2.84. The third-order valence-corrected chi connectivity index (χ3v) is 5.08. The van der Waals surface area contributed by atoms with E-state index in [0.717, 1.165) is 0 Å². The molecule has 0 fully saturated rings. The monoisotopic (exact) mass is 309 g/mol. The summed E-state index contributed by atoms with van der Waals surface area (Å²) in [5, 5.41) is 17.2. The van der Waals surface area contributed by atoms with Gasteiger partial charge in [0.05, 0.1) is 13.2 Å².